The summed E-state index contributed by atoms with van der Waals surface area (Å²) in [4.78, 5) is 2.57. The Kier molecular flexibility index (Phi) is 4.87. The number of piperazine rings is 1. The summed E-state index contributed by atoms with van der Waals surface area (Å²) >= 11 is 0. The average Bonchev–Trinajstić information content (AvgIpc) is 2.46. The third-order valence-electron chi connectivity index (χ3n) is 4.44. The lowest BCUT2D eigenvalue weighted by molar-refractivity contribution is 0.341. The van der Waals surface area contributed by atoms with Crippen molar-refractivity contribution >= 4 is 5.69 Å². The summed E-state index contributed by atoms with van der Waals surface area (Å²) in [7, 11) is 0. The second-order valence-corrected chi connectivity index (χ2v) is 6.11. The van der Waals surface area contributed by atoms with Gasteiger partial charge in [0.25, 0.3) is 0 Å². The normalized spacial score (nSPS) is 21.7. The van der Waals surface area contributed by atoms with Crippen molar-refractivity contribution in [1.82, 2.24) is 5.32 Å². The van der Waals surface area contributed by atoms with Gasteiger partial charge in [-0.05, 0) is 23.5 Å². The number of anilines is 1. The molecule has 1 aromatic rings. The van der Waals surface area contributed by atoms with Gasteiger partial charge in [0.2, 0.25) is 0 Å². The molecular formula is C17H28N2. The molecule has 0 amide bonds. The molecule has 1 fully saturated rings. The van der Waals surface area contributed by atoms with Crippen LogP contribution in [0.1, 0.15) is 45.6 Å². The van der Waals surface area contributed by atoms with Crippen molar-refractivity contribution in [2.24, 2.45) is 5.92 Å². The van der Waals surface area contributed by atoms with E-state index >= 15 is 0 Å². The van der Waals surface area contributed by atoms with Crippen molar-refractivity contribution in [3.63, 3.8) is 0 Å². The number of para-hydroxylation sites is 1. The average molecular weight is 260 g/mol. The molecular weight excluding hydrogens is 232 g/mol. The van der Waals surface area contributed by atoms with Crippen LogP contribution in [0.3, 0.4) is 0 Å². The number of nitrogens with one attached hydrogen (secondary N) is 1. The van der Waals surface area contributed by atoms with E-state index in [1.54, 1.807) is 0 Å². The molecule has 2 unspecified atom stereocenters. The van der Waals surface area contributed by atoms with Crippen LogP contribution in [0.15, 0.2) is 24.3 Å². The van der Waals surface area contributed by atoms with Crippen LogP contribution in [0.5, 0.6) is 0 Å². The number of benzene rings is 1. The van der Waals surface area contributed by atoms with E-state index < -0.39 is 0 Å². The smallest absolute Gasteiger partial charge is 0.0402 e. The molecule has 106 valence electrons. The van der Waals surface area contributed by atoms with E-state index in [1.807, 2.05) is 0 Å². The maximum Gasteiger partial charge on any atom is 0.0402 e. The summed E-state index contributed by atoms with van der Waals surface area (Å²) in [5.74, 6) is 1.34. The van der Waals surface area contributed by atoms with Gasteiger partial charge < -0.3 is 10.2 Å². The highest BCUT2D eigenvalue weighted by Gasteiger charge is 2.24. The van der Waals surface area contributed by atoms with E-state index in [1.165, 1.54) is 17.7 Å². The Morgan fingerprint density at radius 2 is 2.00 bits per heavy atom. The summed E-state index contributed by atoms with van der Waals surface area (Å²) < 4.78 is 0. The van der Waals surface area contributed by atoms with Crippen molar-refractivity contribution < 1.29 is 0 Å². The molecule has 0 aromatic heterocycles. The minimum Gasteiger partial charge on any atom is -0.368 e. The Balaban J connectivity index is 2.17. The highest BCUT2D eigenvalue weighted by molar-refractivity contribution is 5.55. The fourth-order valence-corrected chi connectivity index (χ4v) is 2.93. The molecule has 0 radical (unpaired) electrons. The van der Waals surface area contributed by atoms with Gasteiger partial charge in [-0.1, -0.05) is 52.3 Å². The molecule has 1 aromatic carbocycles. The summed E-state index contributed by atoms with van der Waals surface area (Å²) in [5, 5.41) is 3.68. The zero-order valence-electron chi connectivity index (χ0n) is 12.8. The summed E-state index contributed by atoms with van der Waals surface area (Å²) in [6, 6.07) is 9.52. The molecule has 2 nitrogen and oxygen atoms in total. The Hall–Kier alpha value is -1.02. The fourth-order valence-electron chi connectivity index (χ4n) is 2.93. The zero-order chi connectivity index (χ0) is 13.8. The van der Waals surface area contributed by atoms with Crippen LogP contribution in [0.4, 0.5) is 5.69 Å². The lowest BCUT2D eigenvalue weighted by Crippen LogP contribution is -2.53. The van der Waals surface area contributed by atoms with Gasteiger partial charge in [-0.25, -0.2) is 0 Å². The minimum absolute atomic E-state index is 0.591. The molecule has 1 N–H and O–H groups in total. The Morgan fingerprint density at radius 3 is 2.68 bits per heavy atom. The van der Waals surface area contributed by atoms with Gasteiger partial charge in [-0.2, -0.15) is 0 Å². The standard InChI is InChI=1S/C17H28N2/c1-5-14(4)16-12-19(11-10-18-16)17-9-7-6-8-15(17)13(2)3/h6-9,13-14,16,18H,5,10-12H2,1-4H3. The largest absolute Gasteiger partial charge is 0.368 e. The van der Waals surface area contributed by atoms with Gasteiger partial charge in [0, 0.05) is 31.4 Å². The van der Waals surface area contributed by atoms with Crippen LogP contribution in [0.25, 0.3) is 0 Å². The summed E-state index contributed by atoms with van der Waals surface area (Å²) in [5.41, 5.74) is 2.92. The highest BCUT2D eigenvalue weighted by Crippen LogP contribution is 2.28. The Morgan fingerprint density at radius 1 is 1.26 bits per heavy atom. The van der Waals surface area contributed by atoms with E-state index in [4.69, 9.17) is 0 Å². The number of rotatable bonds is 4. The predicted molar refractivity (Wildman–Crippen MR) is 84.0 cm³/mol. The van der Waals surface area contributed by atoms with E-state index in [2.05, 4.69) is 62.2 Å². The van der Waals surface area contributed by atoms with Gasteiger partial charge in [0.15, 0.2) is 0 Å². The first-order valence-electron chi connectivity index (χ1n) is 7.70. The van der Waals surface area contributed by atoms with Crippen LogP contribution in [-0.2, 0) is 0 Å². The van der Waals surface area contributed by atoms with Crippen LogP contribution in [0.2, 0.25) is 0 Å². The first-order chi connectivity index (χ1) is 9.13. The second kappa shape index (κ2) is 6.42. The minimum atomic E-state index is 0.591. The van der Waals surface area contributed by atoms with E-state index in [0.717, 1.165) is 25.6 Å². The van der Waals surface area contributed by atoms with Gasteiger partial charge in [-0.15, -0.1) is 0 Å². The predicted octanol–water partition coefficient (Wildman–Crippen LogP) is 3.63. The number of hydrogen-bond donors (Lipinski definition) is 1. The SMILES string of the molecule is CCC(C)C1CN(c2ccccc2C(C)C)CCN1. The fraction of sp³-hybridized carbons (Fsp3) is 0.647. The Bertz CT molecular complexity index is 400. The third kappa shape index (κ3) is 3.30. The first kappa shape index (κ1) is 14.4. The zero-order valence-corrected chi connectivity index (χ0v) is 12.8. The molecule has 19 heavy (non-hydrogen) atoms. The van der Waals surface area contributed by atoms with E-state index in [0.29, 0.717) is 12.0 Å². The maximum atomic E-state index is 3.68. The first-order valence-corrected chi connectivity index (χ1v) is 7.70. The molecule has 1 aliphatic rings. The van der Waals surface area contributed by atoms with Crippen molar-refractivity contribution in [2.75, 3.05) is 24.5 Å². The maximum absolute atomic E-state index is 3.68. The molecule has 2 rings (SSSR count). The van der Waals surface area contributed by atoms with Crippen LogP contribution in [-0.4, -0.2) is 25.7 Å². The molecule has 1 saturated heterocycles. The van der Waals surface area contributed by atoms with Gasteiger partial charge in [0.05, 0.1) is 0 Å². The molecule has 1 aliphatic heterocycles. The highest BCUT2D eigenvalue weighted by atomic mass is 15.2. The quantitative estimate of drug-likeness (QED) is 0.889. The molecule has 2 atom stereocenters. The molecule has 1 heterocycles. The molecule has 2 heteroatoms. The van der Waals surface area contributed by atoms with Crippen molar-refractivity contribution in [3.05, 3.63) is 29.8 Å². The third-order valence-corrected chi connectivity index (χ3v) is 4.44. The number of nitrogens with zero attached hydrogens (tertiary/aromatic N) is 1. The second-order valence-electron chi connectivity index (χ2n) is 6.11. The van der Waals surface area contributed by atoms with Crippen molar-refractivity contribution in [3.8, 4) is 0 Å². The lowest BCUT2D eigenvalue weighted by atomic mass is 9.95. The summed E-state index contributed by atoms with van der Waals surface area (Å²) in [6.45, 7) is 12.6. The molecule has 0 bridgehead atoms. The van der Waals surface area contributed by atoms with Gasteiger partial charge >= 0.3 is 0 Å². The molecule has 0 spiro atoms. The van der Waals surface area contributed by atoms with Crippen molar-refractivity contribution in [1.29, 1.82) is 0 Å². The lowest BCUT2D eigenvalue weighted by Gasteiger charge is -2.39. The van der Waals surface area contributed by atoms with Gasteiger partial charge in [0.1, 0.15) is 0 Å². The van der Waals surface area contributed by atoms with Crippen molar-refractivity contribution in [2.45, 2.75) is 46.1 Å². The van der Waals surface area contributed by atoms with Crippen LogP contribution < -0.4 is 10.2 Å². The van der Waals surface area contributed by atoms with E-state index in [-0.39, 0.29) is 0 Å². The van der Waals surface area contributed by atoms with Crippen LogP contribution in [0, 0.1) is 5.92 Å². The van der Waals surface area contributed by atoms with E-state index in [9.17, 15) is 0 Å². The van der Waals surface area contributed by atoms with Gasteiger partial charge in [-0.3, -0.25) is 0 Å². The molecule has 0 saturated carbocycles. The van der Waals surface area contributed by atoms with Crippen LogP contribution >= 0.6 is 0 Å². The summed E-state index contributed by atoms with van der Waals surface area (Å²) in [6.07, 6.45) is 1.25. The molecule has 0 aliphatic carbocycles. The Labute approximate surface area is 118 Å². The number of hydrogen-bond acceptors (Lipinski definition) is 2. The topological polar surface area (TPSA) is 15.3 Å². The monoisotopic (exact) mass is 260 g/mol.